The second-order valence-corrected chi connectivity index (χ2v) is 10.1. The Morgan fingerprint density at radius 3 is 2.56 bits per heavy atom. The van der Waals surface area contributed by atoms with E-state index in [1.54, 1.807) is 31.5 Å². The van der Waals surface area contributed by atoms with Crippen molar-refractivity contribution in [2.45, 2.75) is 39.2 Å². The molecule has 0 aromatic carbocycles. The highest BCUT2D eigenvalue weighted by molar-refractivity contribution is 6.31. The zero-order chi connectivity index (χ0) is 27.7. The van der Waals surface area contributed by atoms with Crippen molar-refractivity contribution in [3.63, 3.8) is 0 Å². The number of ether oxygens (including phenoxy) is 1. The number of hydrogen-bond acceptors (Lipinski definition) is 7. The van der Waals surface area contributed by atoms with Crippen molar-refractivity contribution in [1.29, 1.82) is 0 Å². The lowest BCUT2D eigenvalue weighted by Crippen LogP contribution is -2.29. The van der Waals surface area contributed by atoms with Crippen LogP contribution in [0.1, 0.15) is 41.5 Å². The van der Waals surface area contributed by atoms with E-state index in [0.29, 0.717) is 34.8 Å². The second-order valence-electron chi connectivity index (χ2n) is 9.71. The molecule has 1 aliphatic rings. The molecule has 1 aliphatic heterocycles. The Labute approximate surface area is 229 Å². The molecule has 11 heteroatoms. The summed E-state index contributed by atoms with van der Waals surface area (Å²) in [5, 5.41) is -0.174. The van der Waals surface area contributed by atoms with Crippen LogP contribution in [0.15, 0.2) is 47.7 Å². The summed E-state index contributed by atoms with van der Waals surface area (Å²) >= 11 is 6.41. The van der Waals surface area contributed by atoms with Gasteiger partial charge in [-0.05, 0) is 64.5 Å². The Morgan fingerprint density at radius 1 is 1.05 bits per heavy atom. The van der Waals surface area contributed by atoms with Crippen LogP contribution in [-0.2, 0) is 6.61 Å². The van der Waals surface area contributed by atoms with Gasteiger partial charge in [-0.1, -0.05) is 11.6 Å². The summed E-state index contributed by atoms with van der Waals surface area (Å²) in [4.78, 5) is 33.3. The molecule has 0 spiro atoms. The predicted octanol–water partition coefficient (Wildman–Crippen LogP) is 5.02. The molecular formula is C28H27ClF2N6O2. The fourth-order valence-corrected chi connectivity index (χ4v) is 4.85. The minimum atomic E-state index is -0.847. The number of pyridine rings is 3. The van der Waals surface area contributed by atoms with Crippen LogP contribution in [0.2, 0.25) is 5.02 Å². The molecule has 0 aliphatic carbocycles. The van der Waals surface area contributed by atoms with Gasteiger partial charge >= 0.3 is 0 Å². The molecule has 0 amide bonds. The summed E-state index contributed by atoms with van der Waals surface area (Å²) in [5.74, 6) is -0.471. The number of nitrogens with zero attached hydrogens (tertiary/aromatic N) is 6. The number of piperidine rings is 1. The van der Waals surface area contributed by atoms with E-state index in [1.807, 2.05) is 13.0 Å². The third kappa shape index (κ3) is 5.67. The first-order valence-corrected chi connectivity index (χ1v) is 12.9. The van der Waals surface area contributed by atoms with Crippen molar-refractivity contribution in [3.05, 3.63) is 92.6 Å². The molecule has 1 fully saturated rings. The Kier molecular flexibility index (Phi) is 7.67. The largest absolute Gasteiger partial charge is 0.485 e. The van der Waals surface area contributed by atoms with Crippen LogP contribution < -0.4 is 10.3 Å². The molecule has 4 aromatic heterocycles. The summed E-state index contributed by atoms with van der Waals surface area (Å²) in [6.45, 7) is 5.28. The molecule has 0 bridgehead atoms. The van der Waals surface area contributed by atoms with E-state index < -0.39 is 17.2 Å². The molecule has 39 heavy (non-hydrogen) atoms. The number of rotatable bonds is 6. The van der Waals surface area contributed by atoms with Gasteiger partial charge in [0.05, 0.1) is 23.3 Å². The highest BCUT2D eigenvalue weighted by Gasteiger charge is 2.22. The minimum Gasteiger partial charge on any atom is -0.485 e. The summed E-state index contributed by atoms with van der Waals surface area (Å²) in [6.07, 6.45) is 6.33. The van der Waals surface area contributed by atoms with Crippen LogP contribution in [0.4, 0.5) is 8.78 Å². The van der Waals surface area contributed by atoms with E-state index >= 15 is 0 Å². The highest BCUT2D eigenvalue weighted by Crippen LogP contribution is 2.29. The van der Waals surface area contributed by atoms with E-state index in [-0.39, 0.29) is 23.1 Å². The van der Waals surface area contributed by atoms with Gasteiger partial charge in [-0.25, -0.2) is 18.7 Å². The van der Waals surface area contributed by atoms with Gasteiger partial charge in [0.25, 0.3) is 5.56 Å². The van der Waals surface area contributed by atoms with Crippen molar-refractivity contribution in [2.24, 2.45) is 0 Å². The van der Waals surface area contributed by atoms with Gasteiger partial charge in [-0.2, -0.15) is 0 Å². The molecule has 0 unspecified atom stereocenters. The Hall–Kier alpha value is -3.76. The first kappa shape index (κ1) is 26.8. The Bertz CT molecular complexity index is 1590. The van der Waals surface area contributed by atoms with Crippen LogP contribution in [0.5, 0.6) is 5.75 Å². The van der Waals surface area contributed by atoms with E-state index in [4.69, 9.17) is 21.3 Å². The smallest absolute Gasteiger partial charge is 0.277 e. The zero-order valence-electron chi connectivity index (χ0n) is 21.8. The monoisotopic (exact) mass is 552 g/mol. The average Bonchev–Trinajstić information content (AvgIpc) is 2.92. The van der Waals surface area contributed by atoms with Crippen molar-refractivity contribution >= 4 is 11.6 Å². The van der Waals surface area contributed by atoms with Gasteiger partial charge in [-0.3, -0.25) is 19.3 Å². The number of likely N-dealkylation sites (tertiary alicyclic amines) is 1. The van der Waals surface area contributed by atoms with Gasteiger partial charge in [0.2, 0.25) is 0 Å². The molecule has 0 saturated carbocycles. The quantitative estimate of drug-likeness (QED) is 0.332. The van der Waals surface area contributed by atoms with Gasteiger partial charge in [0.15, 0.2) is 5.82 Å². The van der Waals surface area contributed by atoms with Crippen molar-refractivity contribution in [2.75, 3.05) is 20.1 Å². The number of aromatic nitrogens is 5. The molecule has 8 nitrogen and oxygen atoms in total. The maximum absolute atomic E-state index is 14.0. The number of hydrogen-bond donors (Lipinski definition) is 0. The first-order chi connectivity index (χ1) is 18.7. The lowest BCUT2D eigenvalue weighted by molar-refractivity contribution is 0.251. The fraction of sp³-hybridized carbons (Fsp3) is 0.321. The van der Waals surface area contributed by atoms with Crippen LogP contribution in [0, 0.1) is 25.5 Å². The molecule has 0 N–H and O–H groups in total. The van der Waals surface area contributed by atoms with Crippen LogP contribution in [0.3, 0.4) is 0 Å². The topological polar surface area (TPSA) is 86.0 Å². The fourth-order valence-electron chi connectivity index (χ4n) is 4.65. The maximum atomic E-state index is 14.0. The predicted molar refractivity (Wildman–Crippen MR) is 143 cm³/mol. The SMILES string of the molecule is Cc1cnc(-c2ccnc(C3CCN(C)CC3)n2)cc1-n1c(C)cc(OCc2ncc(F)cc2F)c(Cl)c1=O. The lowest BCUT2D eigenvalue weighted by atomic mass is 9.96. The molecule has 1 saturated heterocycles. The van der Waals surface area contributed by atoms with E-state index in [1.165, 1.54) is 4.57 Å². The average molecular weight is 553 g/mol. The van der Waals surface area contributed by atoms with E-state index in [9.17, 15) is 13.6 Å². The van der Waals surface area contributed by atoms with Crippen LogP contribution in [0.25, 0.3) is 17.1 Å². The zero-order valence-corrected chi connectivity index (χ0v) is 22.5. The van der Waals surface area contributed by atoms with E-state index in [2.05, 4.69) is 26.9 Å². The van der Waals surface area contributed by atoms with E-state index in [0.717, 1.165) is 43.5 Å². The van der Waals surface area contributed by atoms with Gasteiger partial charge in [0, 0.05) is 36.1 Å². The number of aryl methyl sites for hydroxylation is 2. The second kappa shape index (κ2) is 11.2. The summed E-state index contributed by atoms with van der Waals surface area (Å²) in [6, 6.07) is 5.92. The standard InChI is InChI=1S/C28H27ClF2N6O2/c1-16-13-33-22(21-4-7-32-27(35-21)18-5-8-36(3)9-6-18)12-24(16)37-17(2)10-25(26(29)28(37)38)39-15-23-20(31)11-19(30)14-34-23/h4,7,10-14,18H,5-6,8-9,15H2,1-3H3. The Morgan fingerprint density at radius 2 is 1.82 bits per heavy atom. The minimum absolute atomic E-state index is 0.0754. The molecule has 202 valence electrons. The summed E-state index contributed by atoms with van der Waals surface area (Å²) in [5.41, 5.74) is 2.57. The van der Waals surface area contributed by atoms with Gasteiger partial charge < -0.3 is 9.64 Å². The van der Waals surface area contributed by atoms with Gasteiger partial charge in [-0.15, -0.1) is 0 Å². The third-order valence-electron chi connectivity index (χ3n) is 6.88. The summed E-state index contributed by atoms with van der Waals surface area (Å²) < 4.78 is 34.2. The van der Waals surface area contributed by atoms with Crippen molar-refractivity contribution in [3.8, 4) is 22.8 Å². The van der Waals surface area contributed by atoms with Crippen molar-refractivity contribution < 1.29 is 13.5 Å². The molecule has 4 aromatic rings. The normalized spacial score (nSPS) is 14.5. The van der Waals surface area contributed by atoms with Gasteiger partial charge in [0.1, 0.15) is 34.7 Å². The summed E-state index contributed by atoms with van der Waals surface area (Å²) in [7, 11) is 2.11. The van der Waals surface area contributed by atoms with Crippen molar-refractivity contribution in [1.82, 2.24) is 29.4 Å². The molecule has 5 heterocycles. The number of halogens is 3. The molecule has 0 radical (unpaired) electrons. The Balaban J connectivity index is 1.45. The lowest BCUT2D eigenvalue weighted by Gasteiger charge is -2.28. The van der Waals surface area contributed by atoms with Crippen LogP contribution in [-0.4, -0.2) is 49.5 Å². The third-order valence-corrected chi connectivity index (χ3v) is 7.23. The first-order valence-electron chi connectivity index (χ1n) is 12.5. The highest BCUT2D eigenvalue weighted by atomic mass is 35.5. The maximum Gasteiger partial charge on any atom is 0.277 e. The molecule has 0 atom stereocenters. The molecule has 5 rings (SSSR count). The molecular weight excluding hydrogens is 526 g/mol. The van der Waals surface area contributed by atoms with Crippen LogP contribution >= 0.6 is 11.6 Å².